The van der Waals surface area contributed by atoms with Crippen LogP contribution in [-0.2, 0) is 4.74 Å². The number of anilines is 2. The molecule has 9 heteroatoms. The van der Waals surface area contributed by atoms with E-state index in [-0.39, 0.29) is 5.69 Å². The third-order valence-electron chi connectivity index (χ3n) is 4.30. The molecule has 0 aliphatic heterocycles. The van der Waals surface area contributed by atoms with Gasteiger partial charge in [0, 0.05) is 17.8 Å². The Hall–Kier alpha value is -4.40. The van der Waals surface area contributed by atoms with Gasteiger partial charge in [0.2, 0.25) is 5.95 Å². The molecule has 172 valence electrons. The van der Waals surface area contributed by atoms with E-state index in [1.54, 1.807) is 12.1 Å². The maximum atomic E-state index is 10.9. The minimum Gasteiger partial charge on any atom is -0.453 e. The van der Waals surface area contributed by atoms with Crippen LogP contribution in [0.4, 0.5) is 22.1 Å². The number of carbonyl (C=O) groups is 1. The molecule has 9 nitrogen and oxygen atoms in total. The zero-order valence-electron chi connectivity index (χ0n) is 19.0. The Morgan fingerprint density at radius 3 is 2.15 bits per heavy atom. The number of imidazole rings is 1. The van der Waals surface area contributed by atoms with E-state index in [4.69, 9.17) is 5.73 Å². The van der Waals surface area contributed by atoms with Crippen molar-refractivity contribution in [3.63, 3.8) is 0 Å². The molecule has 0 bridgehead atoms. The van der Waals surface area contributed by atoms with Gasteiger partial charge in [-0.25, -0.2) is 9.78 Å². The Balaban J connectivity index is 0.000000186. The van der Waals surface area contributed by atoms with E-state index >= 15 is 0 Å². The van der Waals surface area contributed by atoms with Crippen molar-refractivity contribution in [2.75, 3.05) is 18.2 Å². The highest BCUT2D eigenvalue weighted by Crippen LogP contribution is 2.15. The molecule has 0 saturated heterocycles. The highest BCUT2D eigenvalue weighted by Gasteiger charge is 2.06. The van der Waals surface area contributed by atoms with Gasteiger partial charge in [0.1, 0.15) is 0 Å². The zero-order valence-corrected chi connectivity index (χ0v) is 19.0. The van der Waals surface area contributed by atoms with Crippen molar-refractivity contribution in [2.45, 2.75) is 20.8 Å². The lowest BCUT2D eigenvalue weighted by molar-refractivity contribution is -0.384. The number of fused-ring (bicyclic) bond motifs is 1. The molecule has 4 rings (SSSR count). The number of aromatic nitrogens is 2. The van der Waals surface area contributed by atoms with Crippen LogP contribution in [0, 0.1) is 30.9 Å². The topological polar surface area (TPSA) is 136 Å². The summed E-state index contributed by atoms with van der Waals surface area (Å²) in [5.74, 6) is 0.391. The predicted octanol–water partition coefficient (Wildman–Crippen LogP) is 5.53. The smallest absolute Gasteiger partial charge is 0.413 e. The molecule has 0 spiro atoms. The molecule has 0 unspecified atom stereocenters. The van der Waals surface area contributed by atoms with Gasteiger partial charge < -0.3 is 15.5 Å². The van der Waals surface area contributed by atoms with Crippen LogP contribution in [0.25, 0.3) is 11.0 Å². The van der Waals surface area contributed by atoms with Crippen molar-refractivity contribution in [1.29, 1.82) is 0 Å². The van der Waals surface area contributed by atoms with Gasteiger partial charge in [-0.3, -0.25) is 15.4 Å². The predicted molar refractivity (Wildman–Crippen MR) is 130 cm³/mol. The Kier molecular flexibility index (Phi) is 8.93. The maximum absolute atomic E-state index is 10.9. The van der Waals surface area contributed by atoms with Crippen LogP contribution in [0.5, 0.6) is 0 Å². The first-order valence-corrected chi connectivity index (χ1v) is 10.0. The first-order valence-electron chi connectivity index (χ1n) is 10.0. The number of non-ortho nitro benzene ring substituents is 1. The molecule has 0 atom stereocenters. The largest absolute Gasteiger partial charge is 0.453 e. The van der Waals surface area contributed by atoms with E-state index in [1.165, 1.54) is 18.7 Å². The summed E-state index contributed by atoms with van der Waals surface area (Å²) in [4.78, 5) is 27.8. The van der Waals surface area contributed by atoms with Crippen LogP contribution in [0.1, 0.15) is 16.7 Å². The summed E-state index contributed by atoms with van der Waals surface area (Å²) >= 11 is 0. The Morgan fingerprint density at radius 2 is 1.64 bits per heavy atom. The summed E-state index contributed by atoms with van der Waals surface area (Å²) in [6.07, 6.45) is -0.536. The molecule has 0 saturated carbocycles. The van der Waals surface area contributed by atoms with Crippen molar-refractivity contribution >= 4 is 34.4 Å². The number of aryl methyl sites for hydroxylation is 3. The number of carbonyl (C=O) groups excluding carboxylic acids is 1. The Morgan fingerprint density at radius 1 is 1.00 bits per heavy atom. The van der Waals surface area contributed by atoms with Crippen LogP contribution in [0.2, 0.25) is 0 Å². The minimum absolute atomic E-state index is 0.153. The molecule has 0 aliphatic rings. The van der Waals surface area contributed by atoms with Crippen molar-refractivity contribution < 1.29 is 14.5 Å². The zero-order chi connectivity index (χ0) is 24.4. The van der Waals surface area contributed by atoms with Gasteiger partial charge in [-0.05, 0) is 61.7 Å². The first kappa shape index (κ1) is 24.9. The average molecular weight is 450 g/mol. The van der Waals surface area contributed by atoms with Gasteiger partial charge in [0.25, 0.3) is 5.69 Å². The number of H-pyrrole nitrogens is 1. The fraction of sp³-hybridized carbons (Fsp3) is 0.167. The number of nitrogens with one attached hydrogen (secondary N) is 2. The number of benzene rings is 3. The summed E-state index contributed by atoms with van der Waals surface area (Å²) in [5, 5.41) is 12.6. The number of nitro groups is 1. The molecule has 3 aromatic carbocycles. The molecule has 0 fully saturated rings. The molecule has 4 aromatic rings. The van der Waals surface area contributed by atoms with E-state index in [1.807, 2.05) is 69.3 Å². The molecule has 1 heterocycles. The summed E-state index contributed by atoms with van der Waals surface area (Å²) in [6.45, 7) is 5.84. The average Bonchev–Trinajstić information content (AvgIpc) is 3.15. The van der Waals surface area contributed by atoms with E-state index in [0.717, 1.165) is 27.8 Å². The van der Waals surface area contributed by atoms with E-state index in [0.29, 0.717) is 5.95 Å². The van der Waals surface area contributed by atoms with Crippen LogP contribution < -0.4 is 11.1 Å². The molecule has 33 heavy (non-hydrogen) atoms. The van der Waals surface area contributed by atoms with Gasteiger partial charge in [0.15, 0.2) is 0 Å². The lowest BCUT2D eigenvalue weighted by atomic mass is 10.2. The fourth-order valence-corrected chi connectivity index (χ4v) is 2.74. The highest BCUT2D eigenvalue weighted by atomic mass is 16.6. The van der Waals surface area contributed by atoms with Crippen LogP contribution in [0.15, 0.2) is 66.7 Å². The SMILES string of the molecule is COC(=O)Nc1nc2ccc(C)cc2[nH]1.Cc1cccc(N)c1.Cc1cccc([N+](=O)[O-])c1. The fourth-order valence-electron chi connectivity index (χ4n) is 2.74. The highest BCUT2D eigenvalue weighted by molar-refractivity contribution is 5.86. The summed E-state index contributed by atoms with van der Waals surface area (Å²) in [5.41, 5.74) is 11.4. The molecular formula is C24H27N5O4. The van der Waals surface area contributed by atoms with Gasteiger partial charge in [0.05, 0.1) is 23.1 Å². The van der Waals surface area contributed by atoms with E-state index < -0.39 is 11.0 Å². The molecule has 1 amide bonds. The number of nitrogens with two attached hydrogens (primary N) is 1. The van der Waals surface area contributed by atoms with Gasteiger partial charge >= 0.3 is 6.09 Å². The maximum Gasteiger partial charge on any atom is 0.413 e. The van der Waals surface area contributed by atoms with Crippen molar-refractivity contribution in [3.05, 3.63) is 93.5 Å². The van der Waals surface area contributed by atoms with Crippen molar-refractivity contribution in [2.24, 2.45) is 0 Å². The number of aromatic amines is 1. The standard InChI is InChI=1S/C10H11N3O2.C7H7NO2.C7H9N/c1-6-3-4-7-8(5-6)12-9(11-7)13-10(14)15-2;1-6-3-2-4-7(5-6)8(9)10;1-6-3-2-4-7(8)5-6/h3-5H,1-2H3,(H2,11,12,13,14);2-5H,1H3;2-5H,8H2,1H3. The first-order chi connectivity index (χ1) is 15.7. The lowest BCUT2D eigenvalue weighted by Crippen LogP contribution is -2.11. The van der Waals surface area contributed by atoms with E-state index in [2.05, 4.69) is 20.0 Å². The number of rotatable bonds is 2. The third kappa shape index (κ3) is 8.33. The van der Waals surface area contributed by atoms with Gasteiger partial charge in [-0.15, -0.1) is 0 Å². The van der Waals surface area contributed by atoms with Crippen LogP contribution in [-0.4, -0.2) is 28.1 Å². The molecule has 0 aliphatic carbocycles. The second-order valence-corrected chi connectivity index (χ2v) is 7.23. The molecule has 0 radical (unpaired) electrons. The number of nitrogen functional groups attached to an aromatic ring is 1. The van der Waals surface area contributed by atoms with Crippen LogP contribution in [0.3, 0.4) is 0 Å². The van der Waals surface area contributed by atoms with Gasteiger partial charge in [-0.2, -0.15) is 0 Å². The summed E-state index contributed by atoms with van der Waals surface area (Å²) < 4.78 is 4.46. The van der Waals surface area contributed by atoms with Gasteiger partial charge in [-0.1, -0.05) is 30.3 Å². The van der Waals surface area contributed by atoms with E-state index in [9.17, 15) is 14.9 Å². The number of methoxy groups -OCH3 is 1. The van der Waals surface area contributed by atoms with Crippen LogP contribution >= 0.6 is 0 Å². The van der Waals surface area contributed by atoms with Crippen molar-refractivity contribution in [1.82, 2.24) is 9.97 Å². The normalized spacial score (nSPS) is 9.70. The molecular weight excluding hydrogens is 422 g/mol. The summed E-state index contributed by atoms with van der Waals surface area (Å²) in [7, 11) is 1.31. The number of hydrogen-bond donors (Lipinski definition) is 3. The minimum atomic E-state index is -0.536. The number of nitrogens with zero attached hydrogens (tertiary/aromatic N) is 2. The second kappa shape index (κ2) is 11.8. The van der Waals surface area contributed by atoms with Crippen molar-refractivity contribution in [3.8, 4) is 0 Å². The number of nitro benzene ring substituents is 1. The summed E-state index contributed by atoms with van der Waals surface area (Å²) in [6, 6.07) is 20.1. The second-order valence-electron chi connectivity index (χ2n) is 7.23. The molecule has 4 N–H and O–H groups in total. The number of amides is 1. The molecule has 1 aromatic heterocycles. The quantitative estimate of drug-likeness (QED) is 0.209. The monoisotopic (exact) mass is 449 g/mol. The number of hydrogen-bond acceptors (Lipinski definition) is 6. The Bertz CT molecular complexity index is 1220. The Labute approximate surface area is 191 Å². The number of ether oxygens (including phenoxy) is 1. The lowest BCUT2D eigenvalue weighted by Gasteiger charge is -1.96. The third-order valence-corrected chi connectivity index (χ3v) is 4.30.